The zero-order chi connectivity index (χ0) is 21.7. The summed E-state index contributed by atoms with van der Waals surface area (Å²) in [4.78, 5) is 22.5. The van der Waals surface area contributed by atoms with Gasteiger partial charge in [-0.3, -0.25) is 9.69 Å². The number of benzene rings is 1. The van der Waals surface area contributed by atoms with E-state index in [1.165, 1.54) is 0 Å². The molecule has 1 saturated heterocycles. The van der Waals surface area contributed by atoms with Gasteiger partial charge in [0.2, 0.25) is 0 Å². The first-order valence-electron chi connectivity index (χ1n) is 10.8. The third-order valence-electron chi connectivity index (χ3n) is 6.58. The second kappa shape index (κ2) is 7.89. The lowest BCUT2D eigenvalue weighted by atomic mass is 9.98. The summed E-state index contributed by atoms with van der Waals surface area (Å²) >= 11 is 6.35. The van der Waals surface area contributed by atoms with Gasteiger partial charge in [0.15, 0.2) is 5.65 Å². The summed E-state index contributed by atoms with van der Waals surface area (Å²) in [5.74, 6) is 0.0520. The molecule has 0 aliphatic carbocycles. The van der Waals surface area contributed by atoms with Crippen molar-refractivity contribution in [3.05, 3.63) is 63.1 Å². The highest BCUT2D eigenvalue weighted by molar-refractivity contribution is 6.31. The molecule has 8 heteroatoms. The molecule has 0 saturated carbocycles. The average Bonchev–Trinajstić information content (AvgIpc) is 3.36. The van der Waals surface area contributed by atoms with Gasteiger partial charge in [0.1, 0.15) is 0 Å². The zero-order valence-electron chi connectivity index (χ0n) is 18.2. The van der Waals surface area contributed by atoms with Crippen LogP contribution < -0.4 is 5.32 Å². The van der Waals surface area contributed by atoms with Crippen LogP contribution in [-0.2, 0) is 13.1 Å². The number of amides is 1. The number of fused-ring (bicyclic) bond motifs is 3. The van der Waals surface area contributed by atoms with E-state index < -0.39 is 0 Å². The molecule has 1 N–H and O–H groups in total. The van der Waals surface area contributed by atoms with Crippen LogP contribution in [0.4, 0.5) is 0 Å². The molecular weight excluding hydrogens is 412 g/mol. The molecule has 7 nitrogen and oxygen atoms in total. The highest BCUT2D eigenvalue weighted by atomic mass is 35.5. The first kappa shape index (κ1) is 20.4. The molecule has 1 unspecified atom stereocenters. The second-order valence-electron chi connectivity index (χ2n) is 8.47. The number of aromatic nitrogens is 3. The predicted octanol–water partition coefficient (Wildman–Crippen LogP) is 3.12. The Morgan fingerprint density at radius 2 is 1.90 bits per heavy atom. The van der Waals surface area contributed by atoms with Crippen molar-refractivity contribution in [3.63, 3.8) is 0 Å². The predicted molar refractivity (Wildman–Crippen MR) is 120 cm³/mol. The van der Waals surface area contributed by atoms with E-state index in [0.717, 1.165) is 65.6 Å². The number of hydrogen-bond acceptors (Lipinski definition) is 5. The highest BCUT2D eigenvalue weighted by Gasteiger charge is 2.32. The number of carbonyl (C=O) groups excluding carboxylic acids is 1. The number of nitrogens with zero attached hydrogens (tertiary/aromatic N) is 5. The minimum absolute atomic E-state index is 0.0520. The van der Waals surface area contributed by atoms with Crippen molar-refractivity contribution >= 4 is 23.2 Å². The smallest absolute Gasteiger partial charge is 0.254 e. The van der Waals surface area contributed by atoms with Crippen LogP contribution in [0.2, 0.25) is 5.02 Å². The van der Waals surface area contributed by atoms with Crippen molar-refractivity contribution in [1.82, 2.24) is 29.7 Å². The van der Waals surface area contributed by atoms with Crippen LogP contribution in [0.3, 0.4) is 0 Å². The van der Waals surface area contributed by atoms with E-state index in [4.69, 9.17) is 16.7 Å². The molecule has 0 spiro atoms. The summed E-state index contributed by atoms with van der Waals surface area (Å²) in [6.45, 7) is 11.0. The van der Waals surface area contributed by atoms with Crippen LogP contribution in [0.25, 0.3) is 5.65 Å². The number of nitrogens with one attached hydrogen (secondary N) is 1. The van der Waals surface area contributed by atoms with Crippen LogP contribution in [-0.4, -0.2) is 56.5 Å². The number of hydrogen-bond donors (Lipinski definition) is 1. The highest BCUT2D eigenvalue weighted by Crippen LogP contribution is 2.31. The molecule has 2 aliphatic heterocycles. The van der Waals surface area contributed by atoms with Gasteiger partial charge in [0.05, 0.1) is 35.2 Å². The van der Waals surface area contributed by atoms with Crippen LogP contribution >= 0.6 is 11.6 Å². The fourth-order valence-electron chi connectivity index (χ4n) is 4.75. The maximum absolute atomic E-state index is 13.6. The van der Waals surface area contributed by atoms with Gasteiger partial charge >= 0.3 is 0 Å². The number of rotatable bonds is 3. The molecule has 1 fully saturated rings. The first-order valence-corrected chi connectivity index (χ1v) is 11.2. The molecule has 2 aliphatic rings. The van der Waals surface area contributed by atoms with E-state index in [-0.39, 0.29) is 11.9 Å². The van der Waals surface area contributed by atoms with Crippen LogP contribution in [0, 0.1) is 13.8 Å². The molecule has 1 aromatic carbocycles. The minimum Gasteiger partial charge on any atom is -0.328 e. The lowest BCUT2D eigenvalue weighted by Gasteiger charge is -2.34. The molecule has 162 valence electrons. The van der Waals surface area contributed by atoms with Crippen molar-refractivity contribution in [2.45, 2.75) is 39.9 Å². The summed E-state index contributed by atoms with van der Waals surface area (Å²) in [6.07, 6.45) is 0. The van der Waals surface area contributed by atoms with Gasteiger partial charge in [0, 0.05) is 43.3 Å². The Hall–Kier alpha value is -2.48. The van der Waals surface area contributed by atoms with Crippen molar-refractivity contribution in [3.8, 4) is 0 Å². The van der Waals surface area contributed by atoms with Crippen molar-refractivity contribution in [2.24, 2.45) is 0 Å². The second-order valence-corrected chi connectivity index (χ2v) is 8.85. The van der Waals surface area contributed by atoms with Crippen LogP contribution in [0.1, 0.15) is 51.5 Å². The average molecular weight is 439 g/mol. The topological polar surface area (TPSA) is 65.8 Å². The minimum atomic E-state index is 0.0520. The molecule has 3 aromatic rings. The standard InChI is InChI=1S/C23H27ClN6O/c1-14-21(24)16(3)30-22(26-14)19-12-29(13-20(19)27-30)23(31)18-7-5-4-6-17(18)15(2)28-10-8-25-9-11-28/h4-7,15,25H,8-13H2,1-3H3. The molecule has 2 aromatic heterocycles. The van der Waals surface area contributed by atoms with Crippen molar-refractivity contribution < 1.29 is 4.79 Å². The SMILES string of the molecule is Cc1nc2c3c(nn2c(C)c1Cl)CN(C(=O)c1ccccc1C(C)N1CCNCC1)C3. The number of piperazine rings is 1. The normalized spacial score (nSPS) is 17.9. The van der Waals surface area contributed by atoms with E-state index in [9.17, 15) is 4.79 Å². The van der Waals surface area contributed by atoms with Crippen molar-refractivity contribution in [1.29, 1.82) is 0 Å². The molecule has 1 atom stereocenters. The first-order chi connectivity index (χ1) is 15.0. The summed E-state index contributed by atoms with van der Waals surface area (Å²) < 4.78 is 1.81. The van der Waals surface area contributed by atoms with E-state index >= 15 is 0 Å². The van der Waals surface area contributed by atoms with Gasteiger partial charge < -0.3 is 10.2 Å². The zero-order valence-corrected chi connectivity index (χ0v) is 18.9. The summed E-state index contributed by atoms with van der Waals surface area (Å²) in [7, 11) is 0. The molecule has 5 rings (SSSR count). The molecular formula is C23H27ClN6O. The largest absolute Gasteiger partial charge is 0.328 e. The molecule has 0 bridgehead atoms. The molecule has 1 amide bonds. The van der Waals surface area contributed by atoms with Gasteiger partial charge in [0.25, 0.3) is 5.91 Å². The van der Waals surface area contributed by atoms with Gasteiger partial charge in [-0.25, -0.2) is 9.50 Å². The number of halogens is 1. The van der Waals surface area contributed by atoms with E-state index in [1.54, 1.807) is 0 Å². The maximum Gasteiger partial charge on any atom is 0.254 e. The fraction of sp³-hybridized carbons (Fsp3) is 0.435. The van der Waals surface area contributed by atoms with Gasteiger partial charge in [-0.15, -0.1) is 0 Å². The quantitative estimate of drug-likeness (QED) is 0.680. The summed E-state index contributed by atoms with van der Waals surface area (Å²) in [6, 6.07) is 8.20. The molecule has 31 heavy (non-hydrogen) atoms. The fourth-order valence-corrected chi connectivity index (χ4v) is 4.87. The van der Waals surface area contributed by atoms with E-state index in [2.05, 4.69) is 28.2 Å². The Morgan fingerprint density at radius 3 is 2.68 bits per heavy atom. The third-order valence-corrected chi connectivity index (χ3v) is 7.13. The van der Waals surface area contributed by atoms with Crippen LogP contribution in [0.15, 0.2) is 24.3 Å². The Kier molecular flexibility index (Phi) is 5.20. The van der Waals surface area contributed by atoms with Gasteiger partial charge in [-0.05, 0) is 32.4 Å². The Labute approximate surface area is 187 Å². The van der Waals surface area contributed by atoms with Crippen LogP contribution in [0.5, 0.6) is 0 Å². The Bertz CT molecular complexity index is 1170. The Balaban J connectivity index is 1.44. The monoisotopic (exact) mass is 438 g/mol. The lowest BCUT2D eigenvalue weighted by molar-refractivity contribution is 0.0745. The molecule has 0 radical (unpaired) electrons. The van der Waals surface area contributed by atoms with Crippen molar-refractivity contribution in [2.75, 3.05) is 26.2 Å². The van der Waals surface area contributed by atoms with E-state index in [1.807, 2.05) is 41.5 Å². The third kappa shape index (κ3) is 3.41. The summed E-state index contributed by atoms with van der Waals surface area (Å²) in [5.41, 5.74) is 6.25. The van der Waals surface area contributed by atoms with E-state index in [0.29, 0.717) is 18.1 Å². The molecule has 4 heterocycles. The lowest BCUT2D eigenvalue weighted by Crippen LogP contribution is -2.44. The number of aryl methyl sites for hydroxylation is 2. The maximum atomic E-state index is 13.6. The summed E-state index contributed by atoms with van der Waals surface area (Å²) in [5, 5.41) is 8.75. The van der Waals surface area contributed by atoms with Gasteiger partial charge in [-0.1, -0.05) is 29.8 Å². The van der Waals surface area contributed by atoms with Gasteiger partial charge in [-0.2, -0.15) is 5.10 Å². The Morgan fingerprint density at radius 1 is 1.16 bits per heavy atom. The number of carbonyl (C=O) groups is 1.